The molecule has 7 nitrogen and oxygen atoms in total. The molecule has 0 aliphatic carbocycles. The van der Waals surface area contributed by atoms with E-state index in [1.54, 1.807) is 6.07 Å². The Morgan fingerprint density at radius 3 is 2.59 bits per heavy atom. The van der Waals surface area contributed by atoms with Crippen molar-refractivity contribution in [2.75, 3.05) is 20.0 Å². The second-order valence-corrected chi connectivity index (χ2v) is 9.94. The number of carboxylic acids is 1. The molecule has 2 aliphatic heterocycles. The lowest BCUT2D eigenvalue weighted by Gasteiger charge is -2.38. The van der Waals surface area contributed by atoms with Crippen molar-refractivity contribution in [3.8, 4) is 11.5 Å². The van der Waals surface area contributed by atoms with Crippen LogP contribution in [0.4, 0.5) is 0 Å². The number of ether oxygens (including phenoxy) is 4. The zero-order valence-electron chi connectivity index (χ0n) is 21.1. The van der Waals surface area contributed by atoms with Crippen LogP contribution < -0.4 is 9.47 Å². The highest BCUT2D eigenvalue weighted by molar-refractivity contribution is 6.31. The number of aromatic carboxylic acids is 1. The first-order valence-corrected chi connectivity index (χ1v) is 13.2. The summed E-state index contributed by atoms with van der Waals surface area (Å²) in [5, 5.41) is 11.5. The Kier molecular flexibility index (Phi) is 6.95. The first-order valence-electron chi connectivity index (χ1n) is 12.8. The van der Waals surface area contributed by atoms with Crippen molar-refractivity contribution in [3.05, 3.63) is 99.7 Å². The predicted octanol–water partition coefficient (Wildman–Crippen LogP) is 6.71. The molecule has 8 heteroatoms. The summed E-state index contributed by atoms with van der Waals surface area (Å²) in [5.74, 6) is -1.02. The van der Waals surface area contributed by atoms with Gasteiger partial charge in [0.1, 0.15) is 0 Å². The lowest BCUT2D eigenvalue weighted by Crippen LogP contribution is -2.38. The van der Waals surface area contributed by atoms with Crippen molar-refractivity contribution in [2.24, 2.45) is 0 Å². The zero-order valence-corrected chi connectivity index (χ0v) is 21.8. The molecular formula is C31H26ClNO6. The molecule has 4 aromatic rings. The van der Waals surface area contributed by atoms with Gasteiger partial charge in [-0.2, -0.15) is 0 Å². The van der Waals surface area contributed by atoms with E-state index in [0.29, 0.717) is 48.1 Å². The van der Waals surface area contributed by atoms with Crippen LogP contribution in [-0.2, 0) is 21.7 Å². The lowest BCUT2D eigenvalue weighted by molar-refractivity contribution is -0.279. The maximum Gasteiger partial charge on any atom is 0.336 e. The van der Waals surface area contributed by atoms with Crippen LogP contribution in [0.25, 0.3) is 23.1 Å². The largest absolute Gasteiger partial charge is 0.478 e. The van der Waals surface area contributed by atoms with E-state index in [-0.39, 0.29) is 12.4 Å². The average Bonchev–Trinajstić information content (AvgIpc) is 3.42. The molecule has 0 saturated carbocycles. The quantitative estimate of drug-likeness (QED) is 0.277. The number of hydrogen-bond acceptors (Lipinski definition) is 6. The Morgan fingerprint density at radius 2 is 1.77 bits per heavy atom. The van der Waals surface area contributed by atoms with E-state index in [4.69, 9.17) is 35.5 Å². The minimum Gasteiger partial charge on any atom is -0.478 e. The Balaban J connectivity index is 1.27. The highest BCUT2D eigenvalue weighted by Crippen LogP contribution is 2.39. The molecule has 2 aliphatic rings. The van der Waals surface area contributed by atoms with Gasteiger partial charge in [0.25, 0.3) is 0 Å². The minimum absolute atomic E-state index is 0.0801. The van der Waals surface area contributed by atoms with Gasteiger partial charge in [0, 0.05) is 22.4 Å². The van der Waals surface area contributed by atoms with Crippen molar-refractivity contribution < 1.29 is 28.8 Å². The van der Waals surface area contributed by atoms with Crippen molar-refractivity contribution in [1.29, 1.82) is 0 Å². The molecule has 0 amide bonds. The van der Waals surface area contributed by atoms with Gasteiger partial charge in [-0.25, -0.2) is 9.78 Å². The second-order valence-electron chi connectivity index (χ2n) is 9.50. The summed E-state index contributed by atoms with van der Waals surface area (Å²) in [4.78, 5) is 16.7. The van der Waals surface area contributed by atoms with Crippen molar-refractivity contribution in [2.45, 2.75) is 25.0 Å². The molecule has 0 unspecified atom stereocenters. The molecule has 6 rings (SSSR count). The fourth-order valence-corrected chi connectivity index (χ4v) is 5.15. The Hall–Kier alpha value is -3.91. The molecule has 0 bridgehead atoms. The summed E-state index contributed by atoms with van der Waals surface area (Å²) in [6.07, 6.45) is 5.61. The van der Waals surface area contributed by atoms with E-state index < -0.39 is 11.8 Å². The second kappa shape index (κ2) is 10.7. The Morgan fingerprint density at radius 1 is 0.974 bits per heavy atom. The van der Waals surface area contributed by atoms with Crippen LogP contribution in [0.2, 0.25) is 5.02 Å². The average molecular weight is 544 g/mol. The lowest BCUT2D eigenvalue weighted by atomic mass is 9.93. The molecule has 1 aromatic heterocycles. The summed E-state index contributed by atoms with van der Waals surface area (Å²) in [7, 11) is 0. The molecule has 1 saturated heterocycles. The molecule has 1 fully saturated rings. The van der Waals surface area contributed by atoms with Gasteiger partial charge in [-0.3, -0.25) is 0 Å². The molecule has 1 N–H and O–H groups in total. The van der Waals surface area contributed by atoms with E-state index >= 15 is 0 Å². The van der Waals surface area contributed by atoms with Crippen molar-refractivity contribution in [3.63, 3.8) is 0 Å². The number of benzene rings is 3. The van der Waals surface area contributed by atoms with Crippen LogP contribution >= 0.6 is 11.6 Å². The highest BCUT2D eigenvalue weighted by atomic mass is 35.5. The van der Waals surface area contributed by atoms with E-state index in [1.807, 2.05) is 66.7 Å². The van der Waals surface area contributed by atoms with E-state index in [0.717, 1.165) is 34.1 Å². The highest BCUT2D eigenvalue weighted by Gasteiger charge is 2.37. The zero-order chi connectivity index (χ0) is 26.8. The number of pyridine rings is 1. The minimum atomic E-state index is -1.01. The number of aryl methyl sites for hydroxylation is 1. The topological polar surface area (TPSA) is 87.1 Å². The molecule has 0 atom stereocenters. The molecule has 3 aromatic carbocycles. The Labute approximate surface area is 230 Å². The van der Waals surface area contributed by atoms with E-state index in [2.05, 4.69) is 0 Å². The fraction of sp³-hybridized carbons (Fsp3) is 0.226. The maximum absolute atomic E-state index is 12.0. The van der Waals surface area contributed by atoms with Crippen LogP contribution in [0.15, 0.2) is 66.7 Å². The standard InChI is InChI=1S/C31H26ClNO6/c32-24-8-6-21-7-10-25(33-27(21)17-24)9-5-20-3-1-4-23(15-20)31(38-13-2-14-39-31)12-11-22-16-28-29(37-19-36-28)18-26(22)30(34)35/h1,3-10,15-18H,2,11-14,19H2,(H,34,35)/b9-5+. The Bertz CT molecular complexity index is 1580. The first kappa shape index (κ1) is 25.4. The van der Waals surface area contributed by atoms with Crippen LogP contribution in [0.5, 0.6) is 11.5 Å². The monoisotopic (exact) mass is 543 g/mol. The molecule has 0 radical (unpaired) electrons. The summed E-state index contributed by atoms with van der Waals surface area (Å²) in [6, 6.07) is 20.9. The SMILES string of the molecule is O=C(O)c1cc2c(cc1CCC1(c3cccc(/C=C/c4ccc5ccc(Cl)cc5n4)c3)OCCCO1)OCO2. The third-order valence-electron chi connectivity index (χ3n) is 6.96. The van der Waals surface area contributed by atoms with Gasteiger partial charge in [-0.15, -0.1) is 0 Å². The number of fused-ring (bicyclic) bond motifs is 2. The molecule has 198 valence electrons. The smallest absolute Gasteiger partial charge is 0.336 e. The first-order chi connectivity index (χ1) is 19.0. The maximum atomic E-state index is 12.0. The van der Waals surface area contributed by atoms with Gasteiger partial charge < -0.3 is 24.1 Å². The van der Waals surface area contributed by atoms with Gasteiger partial charge in [0.15, 0.2) is 17.3 Å². The van der Waals surface area contributed by atoms with Gasteiger partial charge in [-0.05, 0) is 66.4 Å². The van der Waals surface area contributed by atoms with Crippen LogP contribution in [0.3, 0.4) is 0 Å². The van der Waals surface area contributed by atoms with Gasteiger partial charge in [0.05, 0.1) is 30.0 Å². The third-order valence-corrected chi connectivity index (χ3v) is 7.20. The van der Waals surface area contributed by atoms with Crippen molar-refractivity contribution in [1.82, 2.24) is 4.98 Å². The number of aromatic nitrogens is 1. The predicted molar refractivity (Wildman–Crippen MR) is 148 cm³/mol. The number of rotatable bonds is 7. The fourth-order valence-electron chi connectivity index (χ4n) is 4.98. The number of carbonyl (C=O) groups is 1. The third kappa shape index (κ3) is 5.34. The van der Waals surface area contributed by atoms with Crippen LogP contribution in [-0.4, -0.2) is 36.1 Å². The van der Waals surface area contributed by atoms with Gasteiger partial charge >= 0.3 is 5.97 Å². The van der Waals surface area contributed by atoms with Gasteiger partial charge in [0.2, 0.25) is 6.79 Å². The number of halogens is 1. The normalized spacial score (nSPS) is 16.1. The summed E-state index contributed by atoms with van der Waals surface area (Å²) in [6.45, 7) is 1.18. The number of nitrogens with zero attached hydrogens (tertiary/aromatic N) is 1. The summed E-state index contributed by atoms with van der Waals surface area (Å²) >= 11 is 6.14. The molecule has 3 heterocycles. The van der Waals surface area contributed by atoms with E-state index in [1.165, 1.54) is 6.07 Å². The number of hydrogen-bond donors (Lipinski definition) is 1. The van der Waals surface area contributed by atoms with Crippen LogP contribution in [0, 0.1) is 0 Å². The van der Waals surface area contributed by atoms with E-state index in [9.17, 15) is 9.90 Å². The summed E-state index contributed by atoms with van der Waals surface area (Å²) < 4.78 is 23.4. The molecule has 39 heavy (non-hydrogen) atoms. The van der Waals surface area contributed by atoms with Crippen LogP contribution in [0.1, 0.15) is 45.6 Å². The molecule has 0 spiro atoms. The number of carboxylic acid groups (broad SMARTS) is 1. The van der Waals surface area contributed by atoms with Crippen molar-refractivity contribution >= 4 is 40.6 Å². The van der Waals surface area contributed by atoms with Gasteiger partial charge in [-0.1, -0.05) is 48.0 Å². The summed E-state index contributed by atoms with van der Waals surface area (Å²) in [5.41, 5.74) is 4.32. The molecular weight excluding hydrogens is 518 g/mol.